The molecule has 1 aromatic heterocycles. The maximum absolute atomic E-state index is 12.7. The Morgan fingerprint density at radius 2 is 1.88 bits per heavy atom. The lowest BCUT2D eigenvalue weighted by atomic mass is 10.1. The number of hydrogen-bond acceptors (Lipinski definition) is 2. The largest absolute Gasteiger partial charge is 0.314 e. The molecule has 0 amide bonds. The molecule has 0 atom stereocenters. The summed E-state index contributed by atoms with van der Waals surface area (Å²) in [5, 5.41) is 0.261. The summed E-state index contributed by atoms with van der Waals surface area (Å²) in [7, 11) is 1.58. The monoisotopic (exact) mass is 272 g/mol. The summed E-state index contributed by atoms with van der Waals surface area (Å²) in [5.41, 5.74) is 0.327. The van der Waals surface area contributed by atoms with E-state index in [1.807, 2.05) is 0 Å². The molecule has 3 nitrogen and oxygen atoms in total. The molecule has 0 saturated carbocycles. The molecule has 0 radical (unpaired) electrons. The molecule has 88 valence electrons. The normalized spacial score (nSPS) is 10.6. The van der Waals surface area contributed by atoms with Crippen molar-refractivity contribution in [2.45, 2.75) is 0 Å². The van der Waals surface area contributed by atoms with Crippen molar-refractivity contribution in [1.29, 1.82) is 0 Å². The molecule has 0 unspecified atom stereocenters. The molecule has 0 aliphatic heterocycles. The van der Waals surface area contributed by atoms with Crippen molar-refractivity contribution >= 4 is 29.0 Å². The number of nitrogens with zero attached hydrogens (tertiary/aromatic N) is 2. The third kappa shape index (κ3) is 2.18. The smallest absolute Gasteiger partial charge is 0.228 e. The number of rotatable bonds is 2. The van der Waals surface area contributed by atoms with Gasteiger partial charge in [0.05, 0.1) is 0 Å². The number of carbonyl (C=O) groups is 1. The van der Waals surface area contributed by atoms with Crippen LogP contribution in [0.2, 0.25) is 10.3 Å². The first-order chi connectivity index (χ1) is 8.00. The SMILES string of the molecule is Cn1c(C(=O)c2ccc(F)cc2)nc(Cl)c1Cl. The Balaban J connectivity index is 2.44. The second-order valence-corrected chi connectivity index (χ2v) is 4.13. The summed E-state index contributed by atoms with van der Waals surface area (Å²) in [6.07, 6.45) is 0. The van der Waals surface area contributed by atoms with Crippen LogP contribution in [0.5, 0.6) is 0 Å². The lowest BCUT2D eigenvalue weighted by Crippen LogP contribution is -2.09. The number of hydrogen-bond donors (Lipinski definition) is 0. The standard InChI is InChI=1S/C11H7Cl2FN2O/c1-16-10(13)9(12)15-11(16)8(17)6-2-4-7(14)5-3-6/h2-5H,1H3. The highest BCUT2D eigenvalue weighted by atomic mass is 35.5. The third-order valence-corrected chi connectivity index (χ3v) is 3.09. The highest BCUT2D eigenvalue weighted by Gasteiger charge is 2.19. The van der Waals surface area contributed by atoms with Crippen LogP contribution in [0.15, 0.2) is 24.3 Å². The van der Waals surface area contributed by atoms with Gasteiger partial charge in [-0.2, -0.15) is 0 Å². The van der Waals surface area contributed by atoms with E-state index in [0.29, 0.717) is 5.56 Å². The van der Waals surface area contributed by atoms with Gasteiger partial charge in [0.15, 0.2) is 11.0 Å². The summed E-state index contributed by atoms with van der Waals surface area (Å²) >= 11 is 11.5. The Labute approximate surface area is 107 Å². The maximum Gasteiger partial charge on any atom is 0.228 e. The second-order valence-electron chi connectivity index (χ2n) is 3.41. The van der Waals surface area contributed by atoms with Gasteiger partial charge in [0, 0.05) is 12.6 Å². The van der Waals surface area contributed by atoms with Gasteiger partial charge in [-0.05, 0) is 24.3 Å². The minimum atomic E-state index is -0.405. The summed E-state index contributed by atoms with van der Waals surface area (Å²) in [5.74, 6) is -0.648. The highest BCUT2D eigenvalue weighted by molar-refractivity contribution is 6.41. The Morgan fingerprint density at radius 1 is 1.29 bits per heavy atom. The van der Waals surface area contributed by atoms with Crippen molar-refractivity contribution in [2.24, 2.45) is 7.05 Å². The lowest BCUT2D eigenvalue weighted by molar-refractivity contribution is 0.102. The average molecular weight is 273 g/mol. The number of imidazole rings is 1. The molecular formula is C11H7Cl2FN2O. The zero-order valence-electron chi connectivity index (χ0n) is 8.75. The fourth-order valence-electron chi connectivity index (χ4n) is 1.38. The van der Waals surface area contributed by atoms with E-state index >= 15 is 0 Å². The van der Waals surface area contributed by atoms with Gasteiger partial charge in [-0.3, -0.25) is 4.79 Å². The van der Waals surface area contributed by atoms with Crippen LogP contribution < -0.4 is 0 Å². The maximum atomic E-state index is 12.7. The van der Waals surface area contributed by atoms with Crippen molar-refractivity contribution in [3.8, 4) is 0 Å². The Morgan fingerprint density at radius 3 is 2.35 bits per heavy atom. The number of halogens is 3. The lowest BCUT2D eigenvalue weighted by Gasteiger charge is -2.01. The summed E-state index contributed by atoms with van der Waals surface area (Å²) in [6.45, 7) is 0. The van der Waals surface area contributed by atoms with E-state index in [9.17, 15) is 9.18 Å². The van der Waals surface area contributed by atoms with Gasteiger partial charge >= 0.3 is 0 Å². The van der Waals surface area contributed by atoms with Gasteiger partial charge < -0.3 is 4.57 Å². The molecule has 17 heavy (non-hydrogen) atoms. The van der Waals surface area contributed by atoms with Crippen molar-refractivity contribution in [3.63, 3.8) is 0 Å². The zero-order chi connectivity index (χ0) is 12.6. The fraction of sp³-hybridized carbons (Fsp3) is 0.0909. The highest BCUT2D eigenvalue weighted by Crippen LogP contribution is 2.22. The molecule has 0 saturated heterocycles. The quantitative estimate of drug-likeness (QED) is 0.788. The minimum absolute atomic E-state index is 0.0691. The number of carbonyl (C=O) groups excluding carboxylic acids is 1. The predicted molar refractivity (Wildman–Crippen MR) is 63.1 cm³/mol. The van der Waals surface area contributed by atoms with E-state index in [0.717, 1.165) is 0 Å². The second kappa shape index (κ2) is 4.47. The summed E-state index contributed by atoms with van der Waals surface area (Å²) in [6, 6.07) is 5.18. The molecule has 0 spiro atoms. The average Bonchev–Trinajstić information content (AvgIpc) is 2.57. The van der Waals surface area contributed by atoms with Gasteiger partial charge in [-0.15, -0.1) is 0 Å². The number of benzene rings is 1. The summed E-state index contributed by atoms with van der Waals surface area (Å²) < 4.78 is 14.1. The topological polar surface area (TPSA) is 34.9 Å². The molecule has 2 rings (SSSR count). The van der Waals surface area contributed by atoms with E-state index in [-0.39, 0.29) is 21.9 Å². The Kier molecular flexibility index (Phi) is 3.17. The van der Waals surface area contributed by atoms with E-state index < -0.39 is 5.82 Å². The van der Waals surface area contributed by atoms with Gasteiger partial charge in [-0.25, -0.2) is 9.37 Å². The van der Waals surface area contributed by atoms with Crippen molar-refractivity contribution < 1.29 is 9.18 Å². The van der Waals surface area contributed by atoms with Crippen LogP contribution in [0.25, 0.3) is 0 Å². The third-order valence-electron chi connectivity index (χ3n) is 2.30. The van der Waals surface area contributed by atoms with Crippen LogP contribution >= 0.6 is 23.2 Å². The van der Waals surface area contributed by atoms with Gasteiger partial charge in [0.1, 0.15) is 11.0 Å². The van der Waals surface area contributed by atoms with Crippen LogP contribution in [-0.4, -0.2) is 15.3 Å². The zero-order valence-corrected chi connectivity index (χ0v) is 10.3. The molecule has 1 aromatic carbocycles. The minimum Gasteiger partial charge on any atom is -0.314 e. The van der Waals surface area contributed by atoms with Crippen LogP contribution in [0.1, 0.15) is 16.2 Å². The Hall–Kier alpha value is -1.39. The van der Waals surface area contributed by atoms with Crippen LogP contribution in [0, 0.1) is 5.82 Å². The van der Waals surface area contributed by atoms with Crippen molar-refractivity contribution in [1.82, 2.24) is 9.55 Å². The molecule has 0 bridgehead atoms. The molecule has 0 fully saturated rings. The molecule has 1 heterocycles. The molecular weight excluding hydrogens is 266 g/mol. The van der Waals surface area contributed by atoms with Crippen molar-refractivity contribution in [2.75, 3.05) is 0 Å². The summed E-state index contributed by atoms with van der Waals surface area (Å²) in [4.78, 5) is 15.9. The molecule has 2 aromatic rings. The molecule has 6 heteroatoms. The predicted octanol–water partition coefficient (Wildman–Crippen LogP) is 3.10. The number of aromatic nitrogens is 2. The van der Waals surface area contributed by atoms with Crippen LogP contribution in [0.4, 0.5) is 4.39 Å². The van der Waals surface area contributed by atoms with E-state index in [2.05, 4.69) is 4.98 Å². The first-order valence-corrected chi connectivity index (χ1v) is 5.44. The van der Waals surface area contributed by atoms with Crippen LogP contribution in [0.3, 0.4) is 0 Å². The van der Waals surface area contributed by atoms with Crippen LogP contribution in [-0.2, 0) is 7.05 Å². The van der Waals surface area contributed by atoms with Crippen molar-refractivity contribution in [3.05, 3.63) is 51.8 Å². The van der Waals surface area contributed by atoms with E-state index in [1.165, 1.54) is 28.8 Å². The first-order valence-electron chi connectivity index (χ1n) is 4.68. The fourth-order valence-corrected chi connectivity index (χ4v) is 1.71. The first kappa shape index (κ1) is 12.1. The molecule has 0 aliphatic carbocycles. The van der Waals surface area contributed by atoms with E-state index in [4.69, 9.17) is 23.2 Å². The number of ketones is 1. The molecule has 0 aliphatic rings. The van der Waals surface area contributed by atoms with Gasteiger partial charge in [-0.1, -0.05) is 23.2 Å². The van der Waals surface area contributed by atoms with Gasteiger partial charge in [0.2, 0.25) is 5.78 Å². The van der Waals surface area contributed by atoms with E-state index in [1.54, 1.807) is 7.05 Å². The Bertz CT molecular complexity index is 578. The van der Waals surface area contributed by atoms with Gasteiger partial charge in [0.25, 0.3) is 0 Å². The molecule has 0 N–H and O–H groups in total.